The average Bonchev–Trinajstić information content (AvgIpc) is 3.01. The van der Waals surface area contributed by atoms with Crippen molar-refractivity contribution in [1.82, 2.24) is 9.80 Å². The van der Waals surface area contributed by atoms with Gasteiger partial charge in [0.25, 0.3) is 0 Å². The summed E-state index contributed by atoms with van der Waals surface area (Å²) < 4.78 is 6.54. The first kappa shape index (κ1) is 18.2. The highest BCUT2D eigenvalue weighted by Gasteiger charge is 2.39. The van der Waals surface area contributed by atoms with E-state index in [9.17, 15) is 9.59 Å². The third-order valence-electron chi connectivity index (χ3n) is 4.66. The van der Waals surface area contributed by atoms with Gasteiger partial charge in [-0.2, -0.15) is 0 Å². The largest absolute Gasteiger partial charge is 0.444 e. The molecule has 1 aromatic rings. The van der Waals surface area contributed by atoms with Crippen LogP contribution in [0.5, 0.6) is 0 Å². The molecule has 1 atom stereocenters. The molecule has 3 rings (SSSR count). The number of fused-ring (bicyclic) bond motifs is 1. The van der Waals surface area contributed by atoms with Gasteiger partial charge < -0.3 is 9.64 Å². The Kier molecular flexibility index (Phi) is 5.09. The molecule has 5 nitrogen and oxygen atoms in total. The summed E-state index contributed by atoms with van der Waals surface area (Å²) in [5.41, 5.74) is 1.92. The average molecular weight is 409 g/mol. The number of ether oxygens (including phenoxy) is 1. The summed E-state index contributed by atoms with van der Waals surface area (Å²) in [4.78, 5) is 28.9. The van der Waals surface area contributed by atoms with E-state index >= 15 is 0 Å². The third kappa shape index (κ3) is 4.17. The van der Waals surface area contributed by atoms with Crippen molar-refractivity contribution in [3.63, 3.8) is 0 Å². The number of amides is 2. The molecule has 0 N–H and O–H groups in total. The van der Waals surface area contributed by atoms with Crippen LogP contribution in [-0.2, 0) is 22.5 Å². The van der Waals surface area contributed by atoms with E-state index in [0.29, 0.717) is 26.1 Å². The van der Waals surface area contributed by atoms with Gasteiger partial charge in [-0.15, -0.1) is 0 Å². The fourth-order valence-corrected chi connectivity index (χ4v) is 3.89. The van der Waals surface area contributed by atoms with Crippen LogP contribution in [0, 0.1) is 0 Å². The van der Waals surface area contributed by atoms with E-state index in [1.807, 2.05) is 31.7 Å². The van der Waals surface area contributed by atoms with Crippen molar-refractivity contribution in [1.29, 1.82) is 0 Å². The van der Waals surface area contributed by atoms with Gasteiger partial charge >= 0.3 is 6.09 Å². The topological polar surface area (TPSA) is 49.9 Å². The molecule has 1 aromatic carbocycles. The smallest absolute Gasteiger partial charge is 0.410 e. The number of benzene rings is 1. The molecule has 136 valence electrons. The van der Waals surface area contributed by atoms with Gasteiger partial charge in [-0.05, 0) is 63.3 Å². The number of halogens is 1. The lowest BCUT2D eigenvalue weighted by molar-refractivity contribution is -0.136. The van der Waals surface area contributed by atoms with Gasteiger partial charge in [0.2, 0.25) is 5.91 Å². The second kappa shape index (κ2) is 6.98. The highest BCUT2D eigenvalue weighted by Crippen LogP contribution is 2.27. The Balaban J connectivity index is 1.70. The zero-order chi connectivity index (χ0) is 18.2. The van der Waals surface area contributed by atoms with Gasteiger partial charge in [-0.1, -0.05) is 22.0 Å². The van der Waals surface area contributed by atoms with Gasteiger partial charge in [0.15, 0.2) is 0 Å². The lowest BCUT2D eigenvalue weighted by Gasteiger charge is -2.34. The number of hydrogen-bond donors (Lipinski definition) is 0. The van der Waals surface area contributed by atoms with Crippen LogP contribution in [-0.4, -0.2) is 46.5 Å². The quantitative estimate of drug-likeness (QED) is 0.710. The predicted molar refractivity (Wildman–Crippen MR) is 99.2 cm³/mol. The minimum absolute atomic E-state index is 0.0388. The van der Waals surface area contributed by atoms with E-state index in [1.165, 1.54) is 11.1 Å². The minimum atomic E-state index is -0.551. The lowest BCUT2D eigenvalue weighted by atomic mass is 9.99. The van der Waals surface area contributed by atoms with Crippen LogP contribution in [0.15, 0.2) is 22.7 Å². The molecule has 25 heavy (non-hydrogen) atoms. The normalized spacial score (nSPS) is 20.4. The van der Waals surface area contributed by atoms with Crippen LogP contribution in [0.3, 0.4) is 0 Å². The minimum Gasteiger partial charge on any atom is -0.444 e. The van der Waals surface area contributed by atoms with Gasteiger partial charge in [-0.25, -0.2) is 4.79 Å². The van der Waals surface area contributed by atoms with Crippen LogP contribution in [0.4, 0.5) is 4.79 Å². The molecule has 6 heteroatoms. The molecule has 1 saturated heterocycles. The number of rotatable bonds is 1. The maximum Gasteiger partial charge on any atom is 0.410 e. The summed E-state index contributed by atoms with van der Waals surface area (Å²) in [5, 5.41) is 0. The molecule has 0 radical (unpaired) electrons. The van der Waals surface area contributed by atoms with E-state index in [2.05, 4.69) is 28.1 Å². The van der Waals surface area contributed by atoms with Gasteiger partial charge in [0, 0.05) is 24.1 Å². The van der Waals surface area contributed by atoms with Crippen LogP contribution in [0.1, 0.15) is 44.7 Å². The monoisotopic (exact) mass is 408 g/mol. The fourth-order valence-electron chi connectivity index (χ4n) is 3.48. The second-order valence-corrected chi connectivity index (χ2v) is 8.67. The molecule has 0 aliphatic carbocycles. The Morgan fingerprint density at radius 1 is 1.20 bits per heavy atom. The zero-order valence-corrected chi connectivity index (χ0v) is 16.6. The number of nitrogens with zero attached hydrogens (tertiary/aromatic N) is 2. The van der Waals surface area contributed by atoms with Gasteiger partial charge in [-0.3, -0.25) is 9.69 Å². The summed E-state index contributed by atoms with van der Waals surface area (Å²) in [6.45, 7) is 7.43. The molecule has 0 bridgehead atoms. The predicted octanol–water partition coefficient (Wildman–Crippen LogP) is 3.73. The van der Waals surface area contributed by atoms with Crippen LogP contribution in [0.25, 0.3) is 0 Å². The third-order valence-corrected chi connectivity index (χ3v) is 5.15. The van der Waals surface area contributed by atoms with Crippen molar-refractivity contribution in [2.45, 2.75) is 58.2 Å². The van der Waals surface area contributed by atoms with E-state index in [1.54, 1.807) is 4.90 Å². The fraction of sp³-hybridized carbons (Fsp3) is 0.579. The van der Waals surface area contributed by atoms with Gasteiger partial charge in [0.05, 0.1) is 0 Å². The highest BCUT2D eigenvalue weighted by atomic mass is 79.9. The Morgan fingerprint density at radius 3 is 2.68 bits per heavy atom. The van der Waals surface area contributed by atoms with Crippen LogP contribution >= 0.6 is 15.9 Å². The van der Waals surface area contributed by atoms with E-state index in [-0.39, 0.29) is 12.0 Å². The van der Waals surface area contributed by atoms with Crippen molar-refractivity contribution >= 4 is 27.9 Å². The zero-order valence-electron chi connectivity index (χ0n) is 15.0. The first-order valence-electron chi connectivity index (χ1n) is 8.80. The summed E-state index contributed by atoms with van der Waals surface area (Å²) in [5.74, 6) is 0.0388. The summed E-state index contributed by atoms with van der Waals surface area (Å²) in [7, 11) is 0. The Hall–Kier alpha value is -1.56. The standard InChI is InChI=1S/C19H25BrN2O3/c1-19(2,3)25-18(24)22-9-4-5-16(22)17(23)21-10-8-13-11-15(20)7-6-14(13)12-21/h6-7,11,16H,4-5,8-10,12H2,1-3H3. The van der Waals surface area contributed by atoms with Crippen molar-refractivity contribution in [2.24, 2.45) is 0 Å². The van der Waals surface area contributed by atoms with Crippen molar-refractivity contribution in [3.05, 3.63) is 33.8 Å². The van der Waals surface area contributed by atoms with E-state index < -0.39 is 11.6 Å². The molecule has 1 fully saturated rings. The van der Waals surface area contributed by atoms with Crippen LogP contribution in [0.2, 0.25) is 0 Å². The Morgan fingerprint density at radius 2 is 1.96 bits per heavy atom. The Bertz CT molecular complexity index is 684. The number of likely N-dealkylation sites (tertiary alicyclic amines) is 1. The summed E-state index contributed by atoms with van der Waals surface area (Å²) in [6.07, 6.45) is 2.01. The molecule has 0 aromatic heterocycles. The molecule has 0 spiro atoms. The highest BCUT2D eigenvalue weighted by molar-refractivity contribution is 9.10. The molecule has 2 heterocycles. The molecule has 1 unspecified atom stereocenters. The van der Waals surface area contributed by atoms with E-state index in [4.69, 9.17) is 4.74 Å². The molecular formula is C19H25BrN2O3. The number of carbonyl (C=O) groups is 2. The maximum absolute atomic E-state index is 13.0. The van der Waals surface area contributed by atoms with Crippen molar-refractivity contribution < 1.29 is 14.3 Å². The lowest BCUT2D eigenvalue weighted by Crippen LogP contribution is -2.50. The van der Waals surface area contributed by atoms with E-state index in [0.717, 1.165) is 17.3 Å². The summed E-state index contributed by atoms with van der Waals surface area (Å²) >= 11 is 3.50. The SMILES string of the molecule is CC(C)(C)OC(=O)N1CCCC1C(=O)N1CCc2cc(Br)ccc2C1. The first-order chi connectivity index (χ1) is 11.7. The van der Waals surface area contributed by atoms with Gasteiger partial charge in [0.1, 0.15) is 11.6 Å². The van der Waals surface area contributed by atoms with Crippen molar-refractivity contribution in [2.75, 3.05) is 13.1 Å². The molecule has 2 amide bonds. The number of hydrogen-bond acceptors (Lipinski definition) is 3. The molecule has 2 aliphatic heterocycles. The maximum atomic E-state index is 13.0. The summed E-state index contributed by atoms with van der Waals surface area (Å²) in [6, 6.07) is 5.81. The molecule has 2 aliphatic rings. The van der Waals surface area contributed by atoms with Crippen molar-refractivity contribution in [3.8, 4) is 0 Å². The molecule has 0 saturated carbocycles. The first-order valence-corrected chi connectivity index (χ1v) is 9.59. The Labute approximate surface area is 157 Å². The molecular weight excluding hydrogens is 384 g/mol. The number of carbonyl (C=O) groups excluding carboxylic acids is 2. The second-order valence-electron chi connectivity index (χ2n) is 7.75. The van der Waals surface area contributed by atoms with Crippen LogP contribution < -0.4 is 0 Å².